The van der Waals surface area contributed by atoms with E-state index >= 15 is 0 Å². The highest BCUT2D eigenvalue weighted by Gasteiger charge is 2.15. The first-order valence-electron chi connectivity index (χ1n) is 2.46. The summed E-state index contributed by atoms with van der Waals surface area (Å²) in [4.78, 5) is 19.2. The van der Waals surface area contributed by atoms with Crippen LogP contribution in [0.2, 0.25) is 0 Å². The van der Waals surface area contributed by atoms with E-state index in [9.17, 15) is 14.2 Å². The van der Waals surface area contributed by atoms with Crippen molar-refractivity contribution in [1.29, 1.82) is 0 Å². The fourth-order valence-corrected chi connectivity index (χ4v) is 0.874. The van der Waals surface area contributed by atoms with Crippen molar-refractivity contribution in [3.8, 4) is 0 Å². The van der Waals surface area contributed by atoms with Crippen molar-refractivity contribution in [3.63, 3.8) is 0 Å². The molecule has 5 nitrogen and oxygen atoms in total. The predicted octanol–water partition coefficient (Wildman–Crippen LogP) is 0.871. The van der Waals surface area contributed by atoms with Crippen LogP contribution in [0.5, 0.6) is 0 Å². The van der Waals surface area contributed by atoms with Crippen molar-refractivity contribution in [2.45, 2.75) is 6.92 Å². The monoisotopic (exact) mass is 160 g/mol. The maximum Gasteiger partial charge on any atom is 0.319 e. The minimum absolute atomic E-state index is 0.0392. The SMILES string of the molecule is CCP(=O)(N=C=O)N=C=O. The van der Waals surface area contributed by atoms with Gasteiger partial charge in [0.25, 0.3) is 0 Å². The Kier molecular flexibility index (Phi) is 3.52. The standard InChI is InChI=1S/C4H5N2O3P/c1-2-10(9,5-3-7)6-4-8/h2H2,1H3. The first kappa shape index (κ1) is 8.99. The van der Waals surface area contributed by atoms with Crippen LogP contribution in [0, 0.1) is 0 Å². The largest absolute Gasteiger partial charge is 0.319 e. The van der Waals surface area contributed by atoms with Crippen molar-refractivity contribution in [1.82, 2.24) is 0 Å². The highest BCUT2D eigenvalue weighted by atomic mass is 31.2. The molecule has 0 bridgehead atoms. The summed E-state index contributed by atoms with van der Waals surface area (Å²) in [6, 6.07) is 0. The third-order valence-electron chi connectivity index (χ3n) is 0.806. The van der Waals surface area contributed by atoms with Gasteiger partial charge < -0.3 is 0 Å². The van der Waals surface area contributed by atoms with Gasteiger partial charge in [0, 0.05) is 6.16 Å². The molecule has 0 rings (SSSR count). The molecule has 0 radical (unpaired) electrons. The van der Waals surface area contributed by atoms with E-state index in [1.165, 1.54) is 6.92 Å². The smallest absolute Gasteiger partial charge is 0.271 e. The first-order valence-corrected chi connectivity index (χ1v) is 4.26. The Hall–Kier alpha value is -1.01. The molecule has 0 spiro atoms. The highest BCUT2D eigenvalue weighted by molar-refractivity contribution is 7.61. The molecular weight excluding hydrogens is 155 g/mol. The molecule has 0 aliphatic carbocycles. The van der Waals surface area contributed by atoms with E-state index in [1.54, 1.807) is 0 Å². The zero-order valence-electron chi connectivity index (χ0n) is 5.27. The van der Waals surface area contributed by atoms with Crippen molar-refractivity contribution in [2.24, 2.45) is 9.53 Å². The Labute approximate surface area is 57.3 Å². The Morgan fingerprint density at radius 3 is 1.90 bits per heavy atom. The predicted molar refractivity (Wildman–Crippen MR) is 34.4 cm³/mol. The van der Waals surface area contributed by atoms with E-state index in [-0.39, 0.29) is 6.16 Å². The van der Waals surface area contributed by atoms with Crippen LogP contribution >= 0.6 is 7.44 Å². The maximum atomic E-state index is 10.9. The average molecular weight is 160 g/mol. The van der Waals surface area contributed by atoms with Gasteiger partial charge in [0.2, 0.25) is 12.2 Å². The summed E-state index contributed by atoms with van der Waals surface area (Å²) in [5, 5.41) is 0. The molecule has 0 aromatic heterocycles. The van der Waals surface area contributed by atoms with Gasteiger partial charge in [0.15, 0.2) is 0 Å². The molecule has 0 saturated carbocycles. The van der Waals surface area contributed by atoms with Crippen molar-refractivity contribution < 1.29 is 14.2 Å². The zero-order valence-corrected chi connectivity index (χ0v) is 6.17. The second-order valence-corrected chi connectivity index (χ2v) is 3.73. The molecule has 0 N–H and O–H groups in total. The van der Waals surface area contributed by atoms with E-state index < -0.39 is 7.44 Å². The van der Waals surface area contributed by atoms with Gasteiger partial charge in [-0.15, -0.1) is 9.53 Å². The molecule has 0 aliphatic rings. The highest BCUT2D eigenvalue weighted by Crippen LogP contribution is 2.47. The summed E-state index contributed by atoms with van der Waals surface area (Å²) in [5.74, 6) is 0. The van der Waals surface area contributed by atoms with E-state index in [0.29, 0.717) is 0 Å². The van der Waals surface area contributed by atoms with E-state index in [2.05, 4.69) is 9.53 Å². The van der Waals surface area contributed by atoms with E-state index in [0.717, 1.165) is 12.2 Å². The fourth-order valence-electron chi connectivity index (χ4n) is 0.291. The molecule has 0 aliphatic heterocycles. The lowest BCUT2D eigenvalue weighted by Gasteiger charge is -1.95. The number of hydrogen-bond acceptors (Lipinski definition) is 3. The minimum Gasteiger partial charge on any atom is -0.271 e. The van der Waals surface area contributed by atoms with Crippen molar-refractivity contribution >= 4 is 19.6 Å². The van der Waals surface area contributed by atoms with Gasteiger partial charge in [-0.2, -0.15) is 0 Å². The van der Waals surface area contributed by atoms with Crippen LogP contribution in [0.1, 0.15) is 6.92 Å². The number of nitrogens with zero attached hydrogens (tertiary/aromatic N) is 2. The summed E-state index contributed by atoms with van der Waals surface area (Å²) in [7, 11) is -3.30. The van der Waals surface area contributed by atoms with Crippen LogP contribution in [-0.2, 0) is 14.2 Å². The van der Waals surface area contributed by atoms with Gasteiger partial charge in [0.1, 0.15) is 0 Å². The molecule has 0 amide bonds. The third kappa shape index (κ3) is 2.51. The summed E-state index contributed by atoms with van der Waals surface area (Å²) < 4.78 is 16.7. The van der Waals surface area contributed by atoms with Crippen molar-refractivity contribution in [2.75, 3.05) is 6.16 Å². The third-order valence-corrected chi connectivity index (χ3v) is 2.42. The van der Waals surface area contributed by atoms with Crippen molar-refractivity contribution in [3.05, 3.63) is 0 Å². The zero-order chi connectivity index (χ0) is 8.04. The Bertz CT molecular complexity index is 227. The summed E-state index contributed by atoms with van der Waals surface area (Å²) >= 11 is 0. The molecule has 0 aromatic rings. The molecule has 0 saturated heterocycles. The van der Waals surface area contributed by atoms with Crippen LogP contribution in [0.3, 0.4) is 0 Å². The molecule has 10 heavy (non-hydrogen) atoms. The fraction of sp³-hybridized carbons (Fsp3) is 0.500. The van der Waals surface area contributed by atoms with Crippen LogP contribution in [-0.4, -0.2) is 18.3 Å². The van der Waals surface area contributed by atoms with Crippen LogP contribution < -0.4 is 0 Å². The Morgan fingerprint density at radius 1 is 1.30 bits per heavy atom. The molecule has 0 unspecified atom stereocenters. The molecule has 54 valence electrons. The van der Waals surface area contributed by atoms with Gasteiger partial charge in [-0.05, 0) is 0 Å². The molecule has 0 fully saturated rings. The molecular formula is C4H5N2O3P. The number of hydrogen-bond donors (Lipinski definition) is 0. The molecule has 0 atom stereocenters. The Balaban J connectivity index is 4.72. The summed E-state index contributed by atoms with van der Waals surface area (Å²) in [5.41, 5.74) is 0. The second-order valence-electron chi connectivity index (χ2n) is 1.36. The number of rotatable bonds is 3. The second kappa shape index (κ2) is 3.91. The van der Waals surface area contributed by atoms with Gasteiger partial charge in [-0.3, -0.25) is 4.57 Å². The topological polar surface area (TPSA) is 75.9 Å². The molecule has 0 heterocycles. The number of isocyanates is 2. The first-order chi connectivity index (χ1) is 4.68. The van der Waals surface area contributed by atoms with Gasteiger partial charge in [-0.1, -0.05) is 6.92 Å². The maximum absolute atomic E-state index is 10.9. The van der Waals surface area contributed by atoms with Crippen LogP contribution in [0.25, 0.3) is 0 Å². The van der Waals surface area contributed by atoms with E-state index in [1.807, 2.05) is 0 Å². The number of carbonyl (C=O) groups excluding carboxylic acids is 2. The molecule has 0 aromatic carbocycles. The normalized spacial score (nSPS) is 14.1. The van der Waals surface area contributed by atoms with Gasteiger partial charge >= 0.3 is 7.44 Å². The van der Waals surface area contributed by atoms with Gasteiger partial charge in [0.05, 0.1) is 0 Å². The lowest BCUT2D eigenvalue weighted by Crippen LogP contribution is -1.75. The summed E-state index contributed by atoms with van der Waals surface area (Å²) in [6.45, 7) is 1.50. The van der Waals surface area contributed by atoms with E-state index in [4.69, 9.17) is 0 Å². The molecule has 6 heteroatoms. The Morgan fingerprint density at radius 2 is 1.70 bits per heavy atom. The minimum atomic E-state index is -3.30. The van der Waals surface area contributed by atoms with Crippen LogP contribution in [0.4, 0.5) is 0 Å². The lowest BCUT2D eigenvalue weighted by molar-refractivity contribution is 0.559. The average Bonchev–Trinajstić information content (AvgIpc) is 1.89. The lowest BCUT2D eigenvalue weighted by atomic mass is 11.0. The van der Waals surface area contributed by atoms with Crippen LogP contribution in [0.15, 0.2) is 9.53 Å². The summed E-state index contributed by atoms with van der Waals surface area (Å²) in [6.07, 6.45) is 2.21. The van der Waals surface area contributed by atoms with Gasteiger partial charge in [-0.25, -0.2) is 9.59 Å². The quantitative estimate of drug-likeness (QED) is 0.349.